The number of ether oxygens (including phenoxy) is 2. The Labute approximate surface area is 190 Å². The number of halogens is 3. The number of anilines is 3. The monoisotopic (exact) mass is 476 g/mol. The van der Waals surface area contributed by atoms with E-state index in [1.807, 2.05) is 0 Å². The van der Waals surface area contributed by atoms with Crippen molar-refractivity contribution in [2.24, 2.45) is 0 Å². The molecule has 1 unspecified atom stereocenters. The number of amides is 2. The van der Waals surface area contributed by atoms with Crippen molar-refractivity contribution >= 4 is 39.8 Å². The van der Waals surface area contributed by atoms with Crippen LogP contribution in [0.15, 0.2) is 54.7 Å². The number of aliphatic hydroxyl groups is 1. The van der Waals surface area contributed by atoms with Crippen LogP contribution in [0, 0.1) is 0 Å². The normalized spacial score (nSPS) is 17.5. The van der Waals surface area contributed by atoms with Gasteiger partial charge in [-0.15, -0.1) is 13.2 Å². The van der Waals surface area contributed by atoms with Gasteiger partial charge in [-0.2, -0.15) is 0 Å². The lowest BCUT2D eigenvalue weighted by atomic mass is 10.1. The van der Waals surface area contributed by atoms with E-state index in [-0.39, 0.29) is 18.8 Å². The second-order valence-corrected chi connectivity index (χ2v) is 7.39. The maximum Gasteiger partial charge on any atom is 0.573 e. The van der Waals surface area contributed by atoms with Gasteiger partial charge in [0.15, 0.2) is 12.2 Å². The molecule has 12 heteroatoms. The third-order valence-electron chi connectivity index (χ3n) is 5.12. The molecule has 4 N–H and O–H groups in total. The molecule has 2 aromatic carbocycles. The number of carbonyl (C=O) groups is 2. The quantitative estimate of drug-likeness (QED) is 0.516. The lowest BCUT2D eigenvalue weighted by molar-refractivity contribution is -0.274. The SMILES string of the molecule is Nc1nccc2cc(NC(=O)[C@H](O)C3OCCN(c4ccc(OC(F)(F)F)cc4)C3=O)ccc12. The first-order valence-corrected chi connectivity index (χ1v) is 10.0. The summed E-state index contributed by atoms with van der Waals surface area (Å²) in [5.74, 6) is -1.69. The number of hydrogen-bond acceptors (Lipinski definition) is 7. The van der Waals surface area contributed by atoms with Crippen molar-refractivity contribution in [3.8, 4) is 5.75 Å². The Morgan fingerprint density at radius 3 is 2.68 bits per heavy atom. The number of rotatable bonds is 5. The van der Waals surface area contributed by atoms with Gasteiger partial charge in [-0.3, -0.25) is 9.59 Å². The standard InChI is InChI=1S/C22H19F3N4O5/c23-22(24,25)34-15-4-2-14(3-5-15)29-9-10-33-18(21(29)32)17(30)20(31)28-13-1-6-16-12(11-13)7-8-27-19(16)26/h1-8,11,17-18,30H,9-10H2,(H2,26,27)(H,28,31)/t17-,18?/m1/s1. The molecule has 0 saturated carbocycles. The molecule has 1 aliphatic rings. The Kier molecular flexibility index (Phi) is 6.26. The van der Waals surface area contributed by atoms with E-state index < -0.39 is 36.1 Å². The molecule has 9 nitrogen and oxygen atoms in total. The van der Waals surface area contributed by atoms with Crippen molar-refractivity contribution in [1.29, 1.82) is 0 Å². The minimum Gasteiger partial charge on any atom is -0.406 e. The molecule has 2 amide bonds. The fraction of sp³-hybridized carbons (Fsp3) is 0.227. The maximum atomic E-state index is 12.9. The molecule has 1 aromatic heterocycles. The van der Waals surface area contributed by atoms with Crippen molar-refractivity contribution in [2.45, 2.75) is 18.6 Å². The van der Waals surface area contributed by atoms with Crippen molar-refractivity contribution in [2.75, 3.05) is 29.1 Å². The van der Waals surface area contributed by atoms with Gasteiger partial charge in [0.1, 0.15) is 11.6 Å². The van der Waals surface area contributed by atoms with E-state index in [0.29, 0.717) is 22.3 Å². The summed E-state index contributed by atoms with van der Waals surface area (Å²) >= 11 is 0. The molecular formula is C22H19F3N4O5. The minimum absolute atomic E-state index is 0.00377. The number of nitrogens with two attached hydrogens (primary N) is 1. The number of nitrogen functional groups attached to an aromatic ring is 1. The van der Waals surface area contributed by atoms with Gasteiger partial charge in [-0.25, -0.2) is 4.98 Å². The number of nitrogens with one attached hydrogen (secondary N) is 1. The summed E-state index contributed by atoms with van der Waals surface area (Å²) in [5.41, 5.74) is 6.44. The van der Waals surface area contributed by atoms with Crippen LogP contribution in [-0.4, -0.2) is 53.6 Å². The summed E-state index contributed by atoms with van der Waals surface area (Å²) < 4.78 is 46.2. The Balaban J connectivity index is 1.45. The molecule has 0 radical (unpaired) electrons. The molecular weight excluding hydrogens is 457 g/mol. The number of fused-ring (bicyclic) bond motifs is 1. The Hall–Kier alpha value is -3.90. The van der Waals surface area contributed by atoms with Gasteiger partial charge in [0.2, 0.25) is 0 Å². The van der Waals surface area contributed by atoms with Crippen LogP contribution < -0.4 is 20.7 Å². The highest BCUT2D eigenvalue weighted by atomic mass is 19.4. The Morgan fingerprint density at radius 1 is 1.24 bits per heavy atom. The van der Waals surface area contributed by atoms with Gasteiger partial charge in [0.25, 0.3) is 11.8 Å². The predicted octanol–water partition coefficient (Wildman–Crippen LogP) is 2.45. The number of carbonyl (C=O) groups excluding carboxylic acids is 2. The topological polar surface area (TPSA) is 127 Å². The van der Waals surface area contributed by atoms with E-state index in [2.05, 4.69) is 15.0 Å². The van der Waals surface area contributed by atoms with Crippen LogP contribution in [0.5, 0.6) is 5.75 Å². The highest BCUT2D eigenvalue weighted by molar-refractivity contribution is 6.04. The molecule has 2 atom stereocenters. The predicted molar refractivity (Wildman–Crippen MR) is 116 cm³/mol. The second kappa shape index (κ2) is 9.15. The molecule has 178 valence electrons. The number of aromatic nitrogens is 1. The Bertz CT molecular complexity index is 1220. The molecule has 0 bridgehead atoms. The van der Waals surface area contributed by atoms with Crippen LogP contribution in [0.25, 0.3) is 10.8 Å². The molecule has 0 spiro atoms. The summed E-state index contributed by atoms with van der Waals surface area (Å²) in [7, 11) is 0. The first kappa shape index (κ1) is 23.3. The van der Waals surface area contributed by atoms with Gasteiger partial charge in [0.05, 0.1) is 6.61 Å². The highest BCUT2D eigenvalue weighted by Gasteiger charge is 2.39. The van der Waals surface area contributed by atoms with Gasteiger partial charge in [-0.05, 0) is 53.9 Å². The largest absolute Gasteiger partial charge is 0.573 e. The molecule has 1 saturated heterocycles. The number of alkyl halides is 3. The molecule has 4 rings (SSSR count). The number of benzene rings is 2. The van der Waals surface area contributed by atoms with Crippen LogP contribution in [0.3, 0.4) is 0 Å². The zero-order valence-electron chi connectivity index (χ0n) is 17.5. The average molecular weight is 476 g/mol. The summed E-state index contributed by atoms with van der Waals surface area (Å²) in [6, 6.07) is 11.2. The van der Waals surface area contributed by atoms with Crippen LogP contribution in [-0.2, 0) is 14.3 Å². The number of nitrogens with zero attached hydrogens (tertiary/aromatic N) is 2. The second-order valence-electron chi connectivity index (χ2n) is 7.39. The molecule has 34 heavy (non-hydrogen) atoms. The summed E-state index contributed by atoms with van der Waals surface area (Å²) in [5, 5.41) is 14.4. The smallest absolute Gasteiger partial charge is 0.406 e. The molecule has 0 aliphatic carbocycles. The van der Waals surface area contributed by atoms with Gasteiger partial charge >= 0.3 is 6.36 Å². The zero-order valence-corrected chi connectivity index (χ0v) is 17.5. The Morgan fingerprint density at radius 2 is 1.97 bits per heavy atom. The van der Waals surface area contributed by atoms with Crippen LogP contribution in [0.4, 0.5) is 30.4 Å². The van der Waals surface area contributed by atoms with Crippen LogP contribution in [0.2, 0.25) is 0 Å². The van der Waals surface area contributed by atoms with Crippen LogP contribution >= 0.6 is 0 Å². The number of hydrogen-bond donors (Lipinski definition) is 3. The van der Waals surface area contributed by atoms with E-state index in [9.17, 15) is 27.9 Å². The molecule has 1 aliphatic heterocycles. The number of pyridine rings is 1. The first-order chi connectivity index (χ1) is 16.1. The van der Waals surface area contributed by atoms with E-state index in [0.717, 1.165) is 12.1 Å². The summed E-state index contributed by atoms with van der Waals surface area (Å²) in [6.45, 7) is 0.0904. The van der Waals surface area contributed by atoms with Gasteiger partial charge in [-0.1, -0.05) is 0 Å². The van der Waals surface area contributed by atoms with Crippen molar-refractivity contribution in [3.63, 3.8) is 0 Å². The van der Waals surface area contributed by atoms with Crippen LogP contribution in [0.1, 0.15) is 0 Å². The average Bonchev–Trinajstić information content (AvgIpc) is 2.78. The van der Waals surface area contributed by atoms with Crippen molar-refractivity contribution < 1.29 is 37.3 Å². The molecule has 2 heterocycles. The fourth-order valence-corrected chi connectivity index (χ4v) is 3.55. The first-order valence-electron chi connectivity index (χ1n) is 10.0. The maximum absolute atomic E-state index is 12.9. The van der Waals surface area contributed by atoms with Gasteiger partial charge in [0, 0.05) is 29.5 Å². The van der Waals surface area contributed by atoms with E-state index in [1.165, 1.54) is 23.2 Å². The van der Waals surface area contributed by atoms with Crippen molar-refractivity contribution in [1.82, 2.24) is 4.98 Å². The lowest BCUT2D eigenvalue weighted by Crippen LogP contribution is -2.55. The molecule has 3 aromatic rings. The number of morpholine rings is 1. The fourth-order valence-electron chi connectivity index (χ4n) is 3.55. The summed E-state index contributed by atoms with van der Waals surface area (Å²) in [4.78, 5) is 30.7. The third kappa shape index (κ3) is 5.02. The third-order valence-corrected chi connectivity index (χ3v) is 5.12. The number of aliphatic hydroxyl groups excluding tert-OH is 1. The lowest BCUT2D eigenvalue weighted by Gasteiger charge is -2.34. The van der Waals surface area contributed by atoms with E-state index in [4.69, 9.17) is 10.5 Å². The minimum atomic E-state index is -4.84. The van der Waals surface area contributed by atoms with Gasteiger partial charge < -0.3 is 30.5 Å². The highest BCUT2D eigenvalue weighted by Crippen LogP contribution is 2.27. The van der Waals surface area contributed by atoms with E-state index >= 15 is 0 Å². The summed E-state index contributed by atoms with van der Waals surface area (Å²) in [6.07, 6.45) is -6.65. The molecule has 1 fully saturated rings. The zero-order chi connectivity index (χ0) is 24.5. The van der Waals surface area contributed by atoms with E-state index in [1.54, 1.807) is 24.3 Å². The van der Waals surface area contributed by atoms with Crippen molar-refractivity contribution in [3.05, 3.63) is 54.7 Å².